The summed E-state index contributed by atoms with van der Waals surface area (Å²) in [6, 6.07) is 6.35. The molecule has 1 aromatic rings. The Morgan fingerprint density at radius 2 is 1.89 bits per heavy atom. The normalized spacial score (nSPS) is 10.8. The number of unbranched alkanes of at least 4 members (excludes halogenated alkanes) is 3. The zero-order valence-corrected chi connectivity index (χ0v) is 11.5. The maximum atomic E-state index is 10.7. The van der Waals surface area contributed by atoms with Gasteiger partial charge in [0.2, 0.25) is 0 Å². The third-order valence-corrected chi connectivity index (χ3v) is 2.76. The minimum atomic E-state index is -0.934. The van der Waals surface area contributed by atoms with Crippen molar-refractivity contribution in [2.24, 2.45) is 10.3 Å². The van der Waals surface area contributed by atoms with E-state index in [0.29, 0.717) is 5.69 Å². The molecule has 0 atom stereocenters. The van der Waals surface area contributed by atoms with Crippen LogP contribution in [0.5, 0.6) is 0 Å². The lowest BCUT2D eigenvalue weighted by atomic mass is 10.2. The van der Waals surface area contributed by atoms with Crippen LogP contribution in [-0.2, 0) is 0 Å². The van der Waals surface area contributed by atoms with Gasteiger partial charge in [0.1, 0.15) is 0 Å². The monoisotopic (exact) mass is 263 g/mol. The average Bonchev–Trinajstić information content (AvgIpc) is 2.42. The highest BCUT2D eigenvalue weighted by molar-refractivity contribution is 5.87. The van der Waals surface area contributed by atoms with Crippen LogP contribution in [0.4, 0.5) is 5.69 Å². The van der Waals surface area contributed by atoms with Crippen LogP contribution in [0, 0.1) is 0 Å². The summed E-state index contributed by atoms with van der Waals surface area (Å²) in [6.45, 7) is 3.07. The summed E-state index contributed by atoms with van der Waals surface area (Å²) in [5.41, 5.74) is 0.914. The number of benzene rings is 1. The average molecular weight is 263 g/mol. The molecule has 1 rings (SSSR count). The predicted octanol–water partition coefficient (Wildman–Crippen LogP) is 3.90. The van der Waals surface area contributed by atoms with Gasteiger partial charge >= 0.3 is 5.97 Å². The van der Waals surface area contributed by atoms with Crippen molar-refractivity contribution in [2.45, 2.75) is 32.6 Å². The fraction of sp³-hybridized carbons (Fsp3) is 0.500. The van der Waals surface area contributed by atoms with Gasteiger partial charge in [0.15, 0.2) is 0 Å². The summed E-state index contributed by atoms with van der Waals surface area (Å²) in [6.07, 6.45) is 4.80. The molecule has 0 radical (unpaired) electrons. The summed E-state index contributed by atoms with van der Waals surface area (Å²) >= 11 is 0. The number of carbonyl (C=O) groups is 1. The number of hydrogen-bond donors (Lipinski definition) is 1. The molecule has 5 nitrogen and oxygen atoms in total. The molecule has 0 aliphatic rings. The maximum absolute atomic E-state index is 10.7. The van der Waals surface area contributed by atoms with Crippen molar-refractivity contribution in [3.8, 4) is 0 Å². The minimum absolute atomic E-state index is 0.256. The molecule has 5 heteroatoms. The number of nitrogens with zero attached hydrogens (tertiary/aromatic N) is 3. The van der Waals surface area contributed by atoms with E-state index >= 15 is 0 Å². The van der Waals surface area contributed by atoms with Crippen molar-refractivity contribution in [1.29, 1.82) is 0 Å². The maximum Gasteiger partial charge on any atom is 0.335 e. The number of carboxylic acids is 1. The van der Waals surface area contributed by atoms with Gasteiger partial charge in [0.05, 0.1) is 11.3 Å². The van der Waals surface area contributed by atoms with E-state index in [0.717, 1.165) is 13.0 Å². The van der Waals surface area contributed by atoms with Gasteiger partial charge < -0.3 is 5.11 Å². The molecule has 0 spiro atoms. The van der Waals surface area contributed by atoms with E-state index in [2.05, 4.69) is 17.3 Å². The zero-order chi connectivity index (χ0) is 14.1. The molecule has 0 saturated heterocycles. The first-order valence-electron chi connectivity index (χ1n) is 6.59. The van der Waals surface area contributed by atoms with Crippen LogP contribution in [0.1, 0.15) is 43.0 Å². The molecule has 0 heterocycles. The van der Waals surface area contributed by atoms with E-state index in [1.165, 1.54) is 31.4 Å². The first-order chi connectivity index (χ1) is 9.13. The second kappa shape index (κ2) is 8.24. The van der Waals surface area contributed by atoms with Crippen LogP contribution in [0.3, 0.4) is 0 Å². The van der Waals surface area contributed by atoms with Gasteiger partial charge in [-0.1, -0.05) is 31.4 Å². The van der Waals surface area contributed by atoms with Crippen LogP contribution in [-0.4, -0.2) is 29.7 Å². The number of rotatable bonds is 8. The predicted molar refractivity (Wildman–Crippen MR) is 74.7 cm³/mol. The van der Waals surface area contributed by atoms with Crippen molar-refractivity contribution in [2.75, 3.05) is 13.6 Å². The molecule has 0 aliphatic heterocycles. The fourth-order valence-electron chi connectivity index (χ4n) is 1.61. The molecule has 1 aromatic carbocycles. The van der Waals surface area contributed by atoms with Crippen molar-refractivity contribution in [3.05, 3.63) is 29.8 Å². The van der Waals surface area contributed by atoms with Gasteiger partial charge in [-0.25, -0.2) is 4.79 Å². The number of carboxylic acid groups (broad SMARTS) is 1. The van der Waals surface area contributed by atoms with Crippen LogP contribution in [0.15, 0.2) is 34.6 Å². The Bertz CT molecular complexity index is 415. The molecule has 104 valence electrons. The summed E-state index contributed by atoms with van der Waals surface area (Å²) in [7, 11) is 1.89. The lowest BCUT2D eigenvalue weighted by Crippen LogP contribution is -2.11. The largest absolute Gasteiger partial charge is 0.478 e. The highest BCUT2D eigenvalue weighted by atomic mass is 16.4. The molecular formula is C14H21N3O2. The second-order valence-electron chi connectivity index (χ2n) is 4.48. The quantitative estimate of drug-likeness (QED) is 0.439. The Morgan fingerprint density at radius 1 is 1.21 bits per heavy atom. The van der Waals surface area contributed by atoms with E-state index in [-0.39, 0.29) is 5.56 Å². The first-order valence-corrected chi connectivity index (χ1v) is 6.59. The van der Waals surface area contributed by atoms with E-state index in [9.17, 15) is 4.79 Å². The summed E-state index contributed by atoms with van der Waals surface area (Å²) in [4.78, 5) is 10.7. The fourth-order valence-corrected chi connectivity index (χ4v) is 1.61. The summed E-state index contributed by atoms with van der Waals surface area (Å²) < 4.78 is 0. The topological polar surface area (TPSA) is 65.3 Å². The molecule has 1 N–H and O–H groups in total. The molecular weight excluding hydrogens is 242 g/mol. The molecule has 0 aromatic heterocycles. The van der Waals surface area contributed by atoms with Crippen molar-refractivity contribution in [1.82, 2.24) is 5.01 Å². The van der Waals surface area contributed by atoms with Gasteiger partial charge in [-0.3, -0.25) is 5.01 Å². The van der Waals surface area contributed by atoms with E-state index in [1.54, 1.807) is 17.1 Å². The Labute approximate surface area is 113 Å². The van der Waals surface area contributed by atoms with Crippen LogP contribution < -0.4 is 0 Å². The van der Waals surface area contributed by atoms with Crippen molar-refractivity contribution >= 4 is 11.7 Å². The van der Waals surface area contributed by atoms with E-state index < -0.39 is 5.97 Å². The molecule has 0 fully saturated rings. The van der Waals surface area contributed by atoms with Gasteiger partial charge in [0, 0.05) is 13.6 Å². The molecule has 0 aliphatic carbocycles. The molecule has 0 unspecified atom stereocenters. The summed E-state index contributed by atoms with van der Waals surface area (Å²) in [5.74, 6) is -0.934. The third kappa shape index (κ3) is 5.99. The van der Waals surface area contributed by atoms with Crippen molar-refractivity contribution in [3.63, 3.8) is 0 Å². The highest BCUT2D eigenvalue weighted by Gasteiger charge is 2.01. The molecule has 0 bridgehead atoms. The van der Waals surface area contributed by atoms with E-state index in [4.69, 9.17) is 5.11 Å². The van der Waals surface area contributed by atoms with Crippen LogP contribution in [0.2, 0.25) is 0 Å². The van der Waals surface area contributed by atoms with Gasteiger partial charge in [-0.15, -0.1) is 5.11 Å². The Hall–Kier alpha value is -1.91. The molecule has 0 amide bonds. The molecule has 19 heavy (non-hydrogen) atoms. The highest BCUT2D eigenvalue weighted by Crippen LogP contribution is 2.14. The lowest BCUT2D eigenvalue weighted by Gasteiger charge is -2.10. The third-order valence-electron chi connectivity index (χ3n) is 2.76. The SMILES string of the molecule is CCCCCCN(C)N=Nc1ccc(C(=O)O)cc1. The van der Waals surface area contributed by atoms with E-state index in [1.807, 2.05) is 7.05 Å². The Kier molecular flexibility index (Phi) is 6.57. The zero-order valence-electron chi connectivity index (χ0n) is 11.5. The van der Waals surface area contributed by atoms with Gasteiger partial charge in [-0.2, -0.15) is 0 Å². The van der Waals surface area contributed by atoms with Crippen LogP contribution in [0.25, 0.3) is 0 Å². The second-order valence-corrected chi connectivity index (χ2v) is 4.48. The van der Waals surface area contributed by atoms with Gasteiger partial charge in [0.25, 0.3) is 0 Å². The Morgan fingerprint density at radius 3 is 2.47 bits per heavy atom. The number of aromatic carboxylic acids is 1. The smallest absolute Gasteiger partial charge is 0.335 e. The lowest BCUT2D eigenvalue weighted by molar-refractivity contribution is 0.0697. The summed E-state index contributed by atoms with van der Waals surface area (Å²) in [5, 5.41) is 18.7. The van der Waals surface area contributed by atoms with Crippen molar-refractivity contribution < 1.29 is 9.90 Å². The minimum Gasteiger partial charge on any atom is -0.478 e. The standard InChI is InChI=1S/C14H21N3O2/c1-3-4-5-6-11-17(2)16-15-13-9-7-12(8-10-13)14(18)19/h7-10H,3-6,11H2,1-2H3,(H,18,19). The van der Waals surface area contributed by atoms with Gasteiger partial charge in [-0.05, 0) is 30.7 Å². The molecule has 0 saturated carbocycles. The Balaban J connectivity index is 2.40. The van der Waals surface area contributed by atoms with Crippen LogP contribution >= 0.6 is 0 Å². The number of hydrogen-bond acceptors (Lipinski definition) is 3. The first kappa shape index (κ1) is 15.1.